The highest BCUT2D eigenvalue weighted by molar-refractivity contribution is 5.90. The van der Waals surface area contributed by atoms with Crippen LogP contribution in [0.4, 0.5) is 0 Å². The maximum atomic E-state index is 11.8. The average molecular weight is 486 g/mol. The summed E-state index contributed by atoms with van der Waals surface area (Å²) in [5, 5.41) is 0. The van der Waals surface area contributed by atoms with E-state index < -0.39 is 5.97 Å². The fourth-order valence-corrected chi connectivity index (χ4v) is 4.28. The first kappa shape index (κ1) is 26.6. The number of ether oxygens (including phenoxy) is 2. The van der Waals surface area contributed by atoms with Crippen LogP contribution in [0.15, 0.2) is 84.9 Å². The number of nitrogens with zero attached hydrogens (tertiary/aromatic N) is 1. The van der Waals surface area contributed by atoms with Crippen LogP contribution in [-0.4, -0.2) is 37.3 Å². The van der Waals surface area contributed by atoms with Crippen molar-refractivity contribution in [2.75, 3.05) is 14.2 Å². The Bertz CT molecular complexity index is 1200. The number of benzene rings is 3. The molecule has 0 saturated carbocycles. The van der Waals surface area contributed by atoms with E-state index in [1.54, 1.807) is 30.3 Å². The van der Waals surface area contributed by atoms with E-state index in [2.05, 4.69) is 59.0 Å². The van der Waals surface area contributed by atoms with E-state index in [-0.39, 0.29) is 18.1 Å². The third kappa shape index (κ3) is 6.77. The molecule has 36 heavy (non-hydrogen) atoms. The van der Waals surface area contributed by atoms with Gasteiger partial charge in [0.2, 0.25) is 0 Å². The highest BCUT2D eigenvalue weighted by atomic mass is 16.5. The largest absolute Gasteiger partial charge is 0.469 e. The number of methoxy groups -OCH3 is 2. The third-order valence-corrected chi connectivity index (χ3v) is 6.26. The number of rotatable bonds is 7. The van der Waals surface area contributed by atoms with Crippen molar-refractivity contribution in [1.29, 1.82) is 0 Å². The minimum absolute atomic E-state index is 0.0823. The maximum Gasteiger partial charge on any atom is 0.330 e. The van der Waals surface area contributed by atoms with Gasteiger partial charge >= 0.3 is 11.9 Å². The van der Waals surface area contributed by atoms with E-state index in [0.717, 1.165) is 12.8 Å². The molecule has 0 bridgehead atoms. The molecule has 1 heterocycles. The van der Waals surface area contributed by atoms with Gasteiger partial charge in [-0.2, -0.15) is 0 Å². The van der Waals surface area contributed by atoms with Gasteiger partial charge in [-0.05, 0) is 35.3 Å². The first-order valence-electron chi connectivity index (χ1n) is 11.7. The topological polar surface area (TPSA) is 72.9 Å². The third-order valence-electron chi connectivity index (χ3n) is 6.26. The van der Waals surface area contributed by atoms with Crippen LogP contribution < -0.4 is 0 Å². The first-order valence-corrected chi connectivity index (χ1v) is 11.7. The lowest BCUT2D eigenvalue weighted by atomic mass is 10.0. The lowest BCUT2D eigenvalue weighted by Crippen LogP contribution is -2.27. The van der Waals surface area contributed by atoms with Gasteiger partial charge < -0.3 is 9.47 Å². The Hall–Kier alpha value is -4.03. The molecule has 0 fully saturated rings. The smallest absolute Gasteiger partial charge is 0.330 e. The van der Waals surface area contributed by atoms with E-state index in [1.165, 1.54) is 37.0 Å². The van der Waals surface area contributed by atoms with Crippen LogP contribution in [0.1, 0.15) is 58.0 Å². The molecule has 2 atom stereocenters. The van der Waals surface area contributed by atoms with Crippen molar-refractivity contribution in [3.63, 3.8) is 0 Å². The molecule has 0 spiro atoms. The molecular weight excluding hydrogens is 454 g/mol. The predicted molar refractivity (Wildman–Crippen MR) is 139 cm³/mol. The Labute approximate surface area is 212 Å². The van der Waals surface area contributed by atoms with E-state index in [4.69, 9.17) is 4.74 Å². The van der Waals surface area contributed by atoms with Gasteiger partial charge in [0.1, 0.15) is 0 Å². The number of hydrogen-bond acceptors (Lipinski definition) is 6. The second-order valence-corrected chi connectivity index (χ2v) is 8.36. The van der Waals surface area contributed by atoms with Crippen molar-refractivity contribution >= 4 is 24.3 Å². The molecule has 4 rings (SSSR count). The quantitative estimate of drug-likeness (QED) is 0.248. The summed E-state index contributed by atoms with van der Waals surface area (Å²) >= 11 is 0. The van der Waals surface area contributed by atoms with Gasteiger partial charge in [0.25, 0.3) is 0 Å². The van der Waals surface area contributed by atoms with Crippen LogP contribution in [-0.2, 0) is 25.6 Å². The summed E-state index contributed by atoms with van der Waals surface area (Å²) in [6, 6.07) is 26.1. The molecule has 0 N–H and O–H groups in total. The van der Waals surface area contributed by atoms with E-state index in [1.807, 2.05) is 12.1 Å². The standard InChI is InChI=1S/C19H21NO2.C11H10O3/c1-14(15-8-4-3-5-9-15)20-13-16-10-6-7-11-17(16)18(20)12-19(21)22-2;1-14-11(13)7-6-9-4-2-3-5-10(9)8-12/h3-11,14,18H,12-13H2,1-2H3;2-8H,1H3/b;7-6+/t14-,18?;/m1./s1. The minimum Gasteiger partial charge on any atom is -0.469 e. The number of fused-ring (bicyclic) bond motifs is 1. The second-order valence-electron chi connectivity index (χ2n) is 8.36. The Balaban J connectivity index is 0.000000223. The molecule has 0 aromatic heterocycles. The van der Waals surface area contributed by atoms with Crippen LogP contribution in [0, 0.1) is 0 Å². The van der Waals surface area contributed by atoms with Gasteiger partial charge in [0, 0.05) is 30.3 Å². The Morgan fingerprint density at radius 1 is 0.917 bits per heavy atom. The Morgan fingerprint density at radius 3 is 2.22 bits per heavy atom. The molecular formula is C30H31NO5. The zero-order valence-corrected chi connectivity index (χ0v) is 20.8. The van der Waals surface area contributed by atoms with Crippen molar-refractivity contribution in [2.24, 2.45) is 0 Å². The molecule has 1 aliphatic heterocycles. The highest BCUT2D eigenvalue weighted by Gasteiger charge is 2.35. The van der Waals surface area contributed by atoms with Crippen molar-refractivity contribution in [3.05, 3.63) is 113 Å². The summed E-state index contributed by atoms with van der Waals surface area (Å²) < 4.78 is 9.33. The zero-order chi connectivity index (χ0) is 25.9. The number of carbonyl (C=O) groups excluding carboxylic acids is 3. The molecule has 3 aromatic rings. The fourth-order valence-electron chi connectivity index (χ4n) is 4.28. The predicted octanol–water partition coefficient (Wildman–Crippen LogP) is 5.55. The lowest BCUT2D eigenvalue weighted by molar-refractivity contribution is -0.142. The van der Waals surface area contributed by atoms with Gasteiger partial charge in [-0.15, -0.1) is 0 Å². The maximum absolute atomic E-state index is 11.8. The van der Waals surface area contributed by atoms with Gasteiger partial charge in [0.15, 0.2) is 6.29 Å². The Morgan fingerprint density at radius 2 is 1.56 bits per heavy atom. The van der Waals surface area contributed by atoms with Gasteiger partial charge in [0.05, 0.1) is 20.6 Å². The molecule has 1 aliphatic rings. The Kier molecular flexibility index (Phi) is 9.72. The van der Waals surface area contributed by atoms with Crippen molar-refractivity contribution < 1.29 is 23.9 Å². The van der Waals surface area contributed by atoms with E-state index in [9.17, 15) is 14.4 Å². The average Bonchev–Trinajstić information content (AvgIpc) is 3.30. The van der Waals surface area contributed by atoms with Crippen molar-refractivity contribution in [3.8, 4) is 0 Å². The number of carbonyl (C=O) groups is 3. The van der Waals surface area contributed by atoms with Crippen LogP contribution in [0.3, 0.4) is 0 Å². The van der Waals surface area contributed by atoms with E-state index >= 15 is 0 Å². The SMILES string of the molecule is COC(=O)/C=C/c1ccccc1C=O.COC(=O)CC1c2ccccc2CN1[C@H](C)c1ccccc1. The van der Waals surface area contributed by atoms with Crippen LogP contribution in [0.25, 0.3) is 6.08 Å². The molecule has 0 radical (unpaired) electrons. The second kappa shape index (κ2) is 13.2. The van der Waals surface area contributed by atoms with Crippen LogP contribution in [0.5, 0.6) is 0 Å². The summed E-state index contributed by atoms with van der Waals surface area (Å²) in [6.07, 6.45) is 3.97. The number of aldehydes is 1. The lowest BCUT2D eigenvalue weighted by Gasteiger charge is -2.31. The monoisotopic (exact) mass is 485 g/mol. The molecule has 0 saturated heterocycles. The molecule has 6 heteroatoms. The highest BCUT2D eigenvalue weighted by Crippen LogP contribution is 2.41. The number of hydrogen-bond donors (Lipinski definition) is 0. The first-order chi connectivity index (χ1) is 17.5. The van der Waals surface area contributed by atoms with Crippen LogP contribution in [0.2, 0.25) is 0 Å². The molecule has 0 aliphatic carbocycles. The number of esters is 2. The molecule has 0 amide bonds. The van der Waals surface area contributed by atoms with Gasteiger partial charge in [-0.3, -0.25) is 14.5 Å². The summed E-state index contributed by atoms with van der Waals surface area (Å²) in [6.45, 7) is 3.07. The van der Waals surface area contributed by atoms with Crippen molar-refractivity contribution in [1.82, 2.24) is 4.90 Å². The fraction of sp³-hybridized carbons (Fsp3) is 0.233. The summed E-state index contributed by atoms with van der Waals surface area (Å²) in [4.78, 5) is 35.6. The zero-order valence-electron chi connectivity index (χ0n) is 20.8. The van der Waals surface area contributed by atoms with Gasteiger partial charge in [-0.25, -0.2) is 4.79 Å². The summed E-state index contributed by atoms with van der Waals surface area (Å²) in [5.74, 6) is -0.599. The minimum atomic E-state index is -0.439. The van der Waals surface area contributed by atoms with E-state index in [0.29, 0.717) is 17.5 Å². The summed E-state index contributed by atoms with van der Waals surface area (Å²) in [7, 11) is 2.76. The molecule has 186 valence electrons. The molecule has 3 aromatic carbocycles. The normalized spacial score (nSPS) is 15.4. The van der Waals surface area contributed by atoms with Crippen LogP contribution >= 0.6 is 0 Å². The summed E-state index contributed by atoms with van der Waals surface area (Å²) in [5.41, 5.74) is 5.07. The van der Waals surface area contributed by atoms with Gasteiger partial charge in [-0.1, -0.05) is 78.9 Å². The molecule has 6 nitrogen and oxygen atoms in total. The van der Waals surface area contributed by atoms with Crippen molar-refractivity contribution in [2.45, 2.75) is 32.0 Å². The molecule has 1 unspecified atom stereocenters.